The molecule has 3 rings (SSSR count). The van der Waals surface area contributed by atoms with Crippen molar-refractivity contribution in [2.75, 3.05) is 26.2 Å². The zero-order chi connectivity index (χ0) is 16.1. The molecular weight excluding hydrogens is 282 g/mol. The predicted molar refractivity (Wildman–Crippen MR) is 96.8 cm³/mol. The van der Waals surface area contributed by atoms with Gasteiger partial charge in [0, 0.05) is 32.7 Å². The highest BCUT2D eigenvalue weighted by molar-refractivity contribution is 5.81. The Hall–Kier alpha value is -2.13. The molecule has 0 atom stereocenters. The van der Waals surface area contributed by atoms with Gasteiger partial charge in [-0.15, -0.1) is 0 Å². The van der Waals surface area contributed by atoms with Crippen LogP contribution in [0.1, 0.15) is 22.3 Å². The van der Waals surface area contributed by atoms with Gasteiger partial charge in [-0.05, 0) is 30.5 Å². The molecule has 0 aromatic heterocycles. The Labute approximate surface area is 139 Å². The number of benzene rings is 2. The molecule has 2 aromatic rings. The monoisotopic (exact) mass is 307 g/mol. The number of hydrogen-bond acceptors (Lipinski definition) is 3. The molecule has 0 amide bonds. The van der Waals surface area contributed by atoms with Crippen LogP contribution in [-0.2, 0) is 6.54 Å². The van der Waals surface area contributed by atoms with Crippen LogP contribution in [0.3, 0.4) is 0 Å². The number of nitrogens with zero attached hydrogens (tertiary/aromatic N) is 3. The van der Waals surface area contributed by atoms with Crippen LogP contribution < -0.4 is 0 Å². The number of rotatable bonds is 4. The fourth-order valence-electron chi connectivity index (χ4n) is 2.84. The van der Waals surface area contributed by atoms with Gasteiger partial charge in [0.25, 0.3) is 0 Å². The molecule has 0 radical (unpaired) electrons. The van der Waals surface area contributed by atoms with E-state index in [9.17, 15) is 0 Å². The van der Waals surface area contributed by atoms with Crippen molar-refractivity contribution in [2.24, 2.45) is 5.10 Å². The first kappa shape index (κ1) is 15.8. The van der Waals surface area contributed by atoms with Crippen LogP contribution in [0.5, 0.6) is 0 Å². The number of piperazine rings is 1. The smallest absolute Gasteiger partial charge is 0.0545 e. The fourth-order valence-corrected chi connectivity index (χ4v) is 2.84. The molecular formula is C20H25N3. The molecule has 120 valence electrons. The number of hydrogen-bond donors (Lipinski definition) is 0. The van der Waals surface area contributed by atoms with Crippen molar-refractivity contribution >= 4 is 6.21 Å². The third-order valence-corrected chi connectivity index (χ3v) is 4.42. The van der Waals surface area contributed by atoms with Gasteiger partial charge in [-0.3, -0.25) is 9.91 Å². The zero-order valence-corrected chi connectivity index (χ0v) is 14.1. The molecule has 1 heterocycles. The molecule has 0 unspecified atom stereocenters. The minimum absolute atomic E-state index is 0.994. The summed E-state index contributed by atoms with van der Waals surface area (Å²) in [7, 11) is 0. The molecule has 3 nitrogen and oxygen atoms in total. The average Bonchev–Trinajstić information content (AvgIpc) is 2.58. The highest BCUT2D eigenvalue weighted by Gasteiger charge is 2.15. The van der Waals surface area contributed by atoms with Crippen LogP contribution in [0, 0.1) is 13.8 Å². The summed E-state index contributed by atoms with van der Waals surface area (Å²) in [6.07, 6.45) is 1.99. The SMILES string of the molecule is Cc1ccc(CN2CCN(N=Cc3ccccc3C)CC2)cc1. The van der Waals surface area contributed by atoms with E-state index in [4.69, 9.17) is 0 Å². The molecule has 1 fully saturated rings. The second kappa shape index (κ2) is 7.42. The first-order valence-electron chi connectivity index (χ1n) is 8.33. The van der Waals surface area contributed by atoms with Crippen molar-refractivity contribution in [2.45, 2.75) is 20.4 Å². The van der Waals surface area contributed by atoms with Crippen molar-refractivity contribution < 1.29 is 0 Å². The van der Waals surface area contributed by atoms with Crippen LogP contribution in [0.2, 0.25) is 0 Å². The van der Waals surface area contributed by atoms with Crippen molar-refractivity contribution in [3.8, 4) is 0 Å². The summed E-state index contributed by atoms with van der Waals surface area (Å²) < 4.78 is 0. The Bertz CT molecular complexity index is 653. The third-order valence-electron chi connectivity index (χ3n) is 4.42. The largest absolute Gasteiger partial charge is 0.295 e. The van der Waals surface area contributed by atoms with E-state index in [0.29, 0.717) is 0 Å². The minimum Gasteiger partial charge on any atom is -0.295 e. The first-order chi connectivity index (χ1) is 11.2. The molecule has 0 saturated carbocycles. The normalized spacial score (nSPS) is 16.2. The maximum atomic E-state index is 4.65. The summed E-state index contributed by atoms with van der Waals surface area (Å²) in [4.78, 5) is 2.50. The quantitative estimate of drug-likeness (QED) is 0.806. The molecule has 3 heteroatoms. The Balaban J connectivity index is 1.50. The van der Waals surface area contributed by atoms with E-state index in [1.807, 2.05) is 6.21 Å². The number of aryl methyl sites for hydroxylation is 2. The molecule has 1 aliphatic rings. The summed E-state index contributed by atoms with van der Waals surface area (Å²) in [5.41, 5.74) is 5.19. The summed E-state index contributed by atoms with van der Waals surface area (Å²) in [6.45, 7) is 9.42. The van der Waals surface area contributed by atoms with E-state index in [-0.39, 0.29) is 0 Å². The van der Waals surface area contributed by atoms with Gasteiger partial charge in [-0.1, -0.05) is 54.1 Å². The van der Waals surface area contributed by atoms with E-state index >= 15 is 0 Å². The Kier molecular flexibility index (Phi) is 5.09. The molecule has 0 N–H and O–H groups in total. The number of hydrazone groups is 1. The molecule has 0 bridgehead atoms. The lowest BCUT2D eigenvalue weighted by Gasteiger charge is -2.33. The van der Waals surface area contributed by atoms with Gasteiger partial charge in [-0.25, -0.2) is 0 Å². The molecule has 23 heavy (non-hydrogen) atoms. The topological polar surface area (TPSA) is 18.8 Å². The van der Waals surface area contributed by atoms with Gasteiger partial charge < -0.3 is 0 Å². The van der Waals surface area contributed by atoms with Crippen LogP contribution in [-0.4, -0.2) is 42.3 Å². The van der Waals surface area contributed by atoms with Crippen LogP contribution in [0.4, 0.5) is 0 Å². The summed E-state index contributed by atoms with van der Waals surface area (Å²) >= 11 is 0. The van der Waals surface area contributed by atoms with E-state index < -0.39 is 0 Å². The lowest BCUT2D eigenvalue weighted by Crippen LogP contribution is -2.43. The van der Waals surface area contributed by atoms with Crippen LogP contribution in [0.15, 0.2) is 53.6 Å². The van der Waals surface area contributed by atoms with Crippen molar-refractivity contribution in [3.63, 3.8) is 0 Å². The van der Waals surface area contributed by atoms with E-state index in [0.717, 1.165) is 32.7 Å². The maximum Gasteiger partial charge on any atom is 0.0545 e. The van der Waals surface area contributed by atoms with E-state index in [1.165, 1.54) is 22.3 Å². The Morgan fingerprint density at radius 3 is 2.30 bits per heavy atom. The minimum atomic E-state index is 0.994. The standard InChI is InChI=1S/C20H25N3/c1-17-7-9-19(10-8-17)16-22-11-13-23(14-12-22)21-15-20-6-4-3-5-18(20)2/h3-10,15H,11-14,16H2,1-2H3. The summed E-state index contributed by atoms with van der Waals surface area (Å²) in [5.74, 6) is 0. The highest BCUT2D eigenvalue weighted by Crippen LogP contribution is 2.10. The molecule has 0 aliphatic carbocycles. The second-order valence-electron chi connectivity index (χ2n) is 6.32. The van der Waals surface area contributed by atoms with Crippen molar-refractivity contribution in [1.29, 1.82) is 0 Å². The van der Waals surface area contributed by atoms with Gasteiger partial charge in [0.15, 0.2) is 0 Å². The first-order valence-corrected chi connectivity index (χ1v) is 8.33. The van der Waals surface area contributed by atoms with Gasteiger partial charge in [0.05, 0.1) is 6.21 Å². The van der Waals surface area contributed by atoms with Crippen LogP contribution >= 0.6 is 0 Å². The third kappa shape index (κ3) is 4.42. The summed E-state index contributed by atoms with van der Waals surface area (Å²) in [6, 6.07) is 17.2. The second-order valence-corrected chi connectivity index (χ2v) is 6.32. The molecule has 1 aliphatic heterocycles. The molecule has 1 saturated heterocycles. The predicted octanol–water partition coefficient (Wildman–Crippen LogP) is 3.46. The maximum absolute atomic E-state index is 4.65. The van der Waals surface area contributed by atoms with E-state index in [1.54, 1.807) is 0 Å². The van der Waals surface area contributed by atoms with Crippen molar-refractivity contribution in [3.05, 3.63) is 70.8 Å². The highest BCUT2D eigenvalue weighted by atomic mass is 15.5. The lowest BCUT2D eigenvalue weighted by molar-refractivity contribution is 0.131. The summed E-state index contributed by atoms with van der Waals surface area (Å²) in [5, 5.41) is 6.83. The van der Waals surface area contributed by atoms with Crippen molar-refractivity contribution in [1.82, 2.24) is 9.91 Å². The Morgan fingerprint density at radius 1 is 0.913 bits per heavy atom. The van der Waals surface area contributed by atoms with Gasteiger partial charge >= 0.3 is 0 Å². The van der Waals surface area contributed by atoms with Gasteiger partial charge in [0.2, 0.25) is 0 Å². The van der Waals surface area contributed by atoms with Gasteiger partial charge in [-0.2, -0.15) is 5.10 Å². The zero-order valence-electron chi connectivity index (χ0n) is 14.1. The average molecular weight is 307 g/mol. The van der Waals surface area contributed by atoms with Crippen LogP contribution in [0.25, 0.3) is 0 Å². The fraction of sp³-hybridized carbons (Fsp3) is 0.350. The van der Waals surface area contributed by atoms with Gasteiger partial charge in [0.1, 0.15) is 0 Å². The molecule has 0 spiro atoms. The molecule has 2 aromatic carbocycles. The lowest BCUT2D eigenvalue weighted by atomic mass is 10.1. The van der Waals surface area contributed by atoms with E-state index in [2.05, 4.69) is 77.4 Å². The Morgan fingerprint density at radius 2 is 1.61 bits per heavy atom.